The molecule has 1 aromatic rings. The van der Waals surface area contributed by atoms with Crippen molar-refractivity contribution in [2.24, 2.45) is 11.8 Å². The molecule has 4 fully saturated rings. The minimum Gasteiger partial charge on any atom is -1.00 e. The lowest BCUT2D eigenvalue weighted by atomic mass is 9.53. The van der Waals surface area contributed by atoms with Crippen LogP contribution in [0.15, 0.2) is 36.4 Å². The smallest absolute Gasteiger partial charge is 0.229 e. The molecule has 6 nitrogen and oxygen atoms in total. The largest absolute Gasteiger partial charge is 1.00 e. The van der Waals surface area contributed by atoms with Crippen molar-refractivity contribution in [1.29, 1.82) is 0 Å². The molecule has 5 heterocycles. The third-order valence-corrected chi connectivity index (χ3v) is 9.80. The predicted octanol–water partition coefficient (Wildman–Crippen LogP) is -0.185. The van der Waals surface area contributed by atoms with Gasteiger partial charge in [0.25, 0.3) is 0 Å². The van der Waals surface area contributed by atoms with E-state index >= 15 is 0 Å². The highest BCUT2D eigenvalue weighted by Crippen LogP contribution is 2.68. The maximum absolute atomic E-state index is 13.7. The van der Waals surface area contributed by atoms with Crippen molar-refractivity contribution in [3.63, 3.8) is 0 Å². The van der Waals surface area contributed by atoms with Gasteiger partial charge in [-0.25, -0.2) is 0 Å². The van der Waals surface area contributed by atoms with Crippen molar-refractivity contribution in [3.8, 4) is 11.5 Å². The number of hydrogen-bond donors (Lipinski definition) is 0. The van der Waals surface area contributed by atoms with Gasteiger partial charge in [0.1, 0.15) is 12.6 Å². The lowest BCUT2D eigenvalue weighted by Gasteiger charge is -2.60. The van der Waals surface area contributed by atoms with E-state index in [4.69, 9.17) is 14.2 Å². The SMILES string of the molecule is C=CC[N+]12CC[C@@]34c5cc(OC)c(OC)cc5N5C(=O)C[C@@H]6OCC=C(C1)[C@H](C[C@@H]32)[C@@H]6[C@H]54.[I-]. The molecule has 0 radical (unpaired) electrons. The maximum atomic E-state index is 13.7. The number of piperidine rings is 2. The van der Waals surface area contributed by atoms with E-state index in [1.54, 1.807) is 19.8 Å². The number of anilines is 1. The van der Waals surface area contributed by atoms with Crippen LogP contribution in [-0.2, 0) is 14.9 Å². The molecule has 7 atom stereocenters. The van der Waals surface area contributed by atoms with Gasteiger partial charge in [-0.2, -0.15) is 0 Å². The van der Waals surface area contributed by atoms with E-state index < -0.39 is 0 Å². The van der Waals surface area contributed by atoms with Gasteiger partial charge in [0.15, 0.2) is 11.5 Å². The summed E-state index contributed by atoms with van der Waals surface area (Å²) in [6.45, 7) is 7.98. The molecular weight excluding hydrogens is 531 g/mol. The first-order chi connectivity index (χ1) is 15.6. The molecule has 1 aliphatic carbocycles. The second-order valence-electron chi connectivity index (χ2n) is 10.6. The number of ether oxygens (including phenoxy) is 3. The van der Waals surface area contributed by atoms with E-state index in [1.165, 1.54) is 12.0 Å². The van der Waals surface area contributed by atoms with Gasteiger partial charge in [-0.15, -0.1) is 0 Å². The zero-order valence-electron chi connectivity index (χ0n) is 19.3. The second kappa shape index (κ2) is 7.21. The number of carbonyl (C=O) groups is 1. The Labute approximate surface area is 212 Å². The van der Waals surface area contributed by atoms with E-state index in [9.17, 15) is 4.79 Å². The van der Waals surface area contributed by atoms with Crippen molar-refractivity contribution < 1.29 is 47.5 Å². The summed E-state index contributed by atoms with van der Waals surface area (Å²) >= 11 is 0. The summed E-state index contributed by atoms with van der Waals surface area (Å²) < 4.78 is 18.8. The Morgan fingerprint density at radius 2 is 2.09 bits per heavy atom. The Bertz CT molecular complexity index is 1090. The normalized spacial score (nSPS) is 40.9. The van der Waals surface area contributed by atoms with E-state index in [0.29, 0.717) is 36.7 Å². The van der Waals surface area contributed by atoms with E-state index in [0.717, 1.165) is 42.0 Å². The maximum Gasteiger partial charge on any atom is 0.229 e. The van der Waals surface area contributed by atoms with Crippen LogP contribution in [-0.4, -0.2) is 69.0 Å². The molecule has 2 bridgehead atoms. The Morgan fingerprint density at radius 1 is 1.30 bits per heavy atom. The lowest BCUT2D eigenvalue weighted by molar-refractivity contribution is -0.937. The van der Waals surface area contributed by atoms with E-state index in [2.05, 4.69) is 35.8 Å². The summed E-state index contributed by atoms with van der Waals surface area (Å²) in [5.74, 6) is 2.51. The number of halogens is 1. The van der Waals surface area contributed by atoms with Gasteiger partial charge >= 0.3 is 0 Å². The van der Waals surface area contributed by atoms with Crippen molar-refractivity contribution in [1.82, 2.24) is 0 Å². The Morgan fingerprint density at radius 3 is 2.85 bits per heavy atom. The monoisotopic (exact) mass is 562 g/mol. The topological polar surface area (TPSA) is 48.0 Å². The summed E-state index contributed by atoms with van der Waals surface area (Å²) in [5, 5.41) is 0. The van der Waals surface area contributed by atoms with Crippen LogP contribution in [0.5, 0.6) is 11.5 Å². The molecule has 7 rings (SSSR count). The van der Waals surface area contributed by atoms with Crippen molar-refractivity contribution >= 4 is 11.6 Å². The Kier molecular flexibility index (Phi) is 4.79. The molecule has 176 valence electrons. The minimum absolute atomic E-state index is 0. The zero-order chi connectivity index (χ0) is 21.8. The summed E-state index contributed by atoms with van der Waals surface area (Å²) in [4.78, 5) is 15.8. The van der Waals surface area contributed by atoms with Gasteiger partial charge in [0.05, 0.1) is 63.6 Å². The van der Waals surface area contributed by atoms with Crippen LogP contribution < -0.4 is 38.4 Å². The van der Waals surface area contributed by atoms with Gasteiger partial charge in [0.2, 0.25) is 5.91 Å². The average Bonchev–Trinajstić information content (AvgIpc) is 3.22. The number of quaternary nitrogens is 1. The first kappa shape index (κ1) is 21.9. The third-order valence-electron chi connectivity index (χ3n) is 9.80. The van der Waals surface area contributed by atoms with Crippen molar-refractivity contribution in [2.45, 2.75) is 42.9 Å². The van der Waals surface area contributed by atoms with Crippen LogP contribution in [0.4, 0.5) is 5.69 Å². The van der Waals surface area contributed by atoms with Crippen LogP contribution in [0.1, 0.15) is 24.8 Å². The van der Waals surface area contributed by atoms with Crippen LogP contribution >= 0.6 is 0 Å². The molecule has 6 aliphatic rings. The molecule has 33 heavy (non-hydrogen) atoms. The molecule has 1 saturated carbocycles. The predicted molar refractivity (Wildman–Crippen MR) is 120 cm³/mol. The first-order valence-corrected chi connectivity index (χ1v) is 11.9. The Balaban J connectivity index is 0.00000206. The van der Waals surface area contributed by atoms with E-state index in [-0.39, 0.29) is 47.4 Å². The van der Waals surface area contributed by atoms with Crippen LogP contribution in [0.3, 0.4) is 0 Å². The van der Waals surface area contributed by atoms with Crippen molar-refractivity contribution in [2.75, 3.05) is 45.4 Å². The highest BCUT2D eigenvalue weighted by molar-refractivity contribution is 5.99. The fraction of sp³-hybridized carbons (Fsp3) is 0.577. The number of nitrogens with zero attached hydrogens (tertiary/aromatic N) is 2. The molecule has 1 aromatic carbocycles. The average molecular weight is 562 g/mol. The fourth-order valence-corrected chi connectivity index (χ4v) is 8.86. The van der Waals surface area contributed by atoms with Gasteiger partial charge in [0, 0.05) is 24.8 Å². The molecule has 0 aromatic heterocycles. The summed E-state index contributed by atoms with van der Waals surface area (Å²) in [5.41, 5.74) is 3.83. The highest BCUT2D eigenvalue weighted by atomic mass is 127. The molecular formula is C26H31IN2O4. The highest BCUT2D eigenvalue weighted by Gasteiger charge is 2.76. The molecule has 7 heteroatoms. The molecule has 3 saturated heterocycles. The van der Waals surface area contributed by atoms with Gasteiger partial charge in [-0.05, 0) is 29.2 Å². The lowest BCUT2D eigenvalue weighted by Crippen LogP contribution is -3.00. The quantitative estimate of drug-likeness (QED) is 0.290. The summed E-state index contributed by atoms with van der Waals surface area (Å²) in [6, 6.07) is 4.87. The number of fused-ring (bicyclic) bond motifs is 2. The molecule has 0 N–H and O–H groups in total. The van der Waals surface area contributed by atoms with E-state index in [1.807, 2.05) is 0 Å². The number of methoxy groups -OCH3 is 2. The Hall–Kier alpha value is -1.58. The van der Waals surface area contributed by atoms with Gasteiger partial charge in [-0.1, -0.05) is 12.7 Å². The fourth-order valence-electron chi connectivity index (χ4n) is 8.86. The number of hydrogen-bond acceptors (Lipinski definition) is 4. The van der Waals surface area contributed by atoms with Crippen molar-refractivity contribution in [3.05, 3.63) is 42.0 Å². The third kappa shape index (κ3) is 2.44. The number of amides is 1. The number of carbonyl (C=O) groups excluding carboxylic acids is 1. The molecule has 5 aliphatic heterocycles. The standard InChI is InChI=1S/C26H31N2O4.HI/c1-4-7-28-8-6-26-17-11-19(30-2)20(31-3)12-18(17)27-23(29)13-21-24(25(26)27)16(10-22(26)28)15(14-28)5-9-32-21;/h4-5,11-12,16,21-22,24-25H,1,6-10,13-14H2,2-3H3;1H/q+1;/p-1/t16-,21-,22-,24-,25-,26+,28?;/m0./s1. The molecule has 1 spiro atoms. The zero-order valence-corrected chi connectivity index (χ0v) is 21.4. The summed E-state index contributed by atoms with van der Waals surface area (Å²) in [6.07, 6.45) is 7.20. The molecule has 1 amide bonds. The van der Waals surface area contributed by atoms with Crippen LogP contribution in [0.25, 0.3) is 0 Å². The number of rotatable bonds is 4. The summed E-state index contributed by atoms with van der Waals surface area (Å²) in [7, 11) is 3.37. The first-order valence-electron chi connectivity index (χ1n) is 11.9. The second-order valence-corrected chi connectivity index (χ2v) is 10.6. The molecule has 1 unspecified atom stereocenters. The minimum atomic E-state index is -0.0629. The van der Waals surface area contributed by atoms with Crippen LogP contribution in [0.2, 0.25) is 0 Å². The van der Waals surface area contributed by atoms with Gasteiger partial charge in [-0.3, -0.25) is 4.79 Å². The van der Waals surface area contributed by atoms with Gasteiger partial charge < -0.3 is 47.6 Å². The number of benzene rings is 1. The van der Waals surface area contributed by atoms with Crippen LogP contribution in [0, 0.1) is 11.8 Å².